The highest BCUT2D eigenvalue weighted by atomic mass is 32.2. The molecule has 0 aromatic heterocycles. The molecule has 1 aliphatic heterocycles. The number of nitrogens with zero attached hydrogens (tertiary/aromatic N) is 1. The zero-order valence-electron chi connectivity index (χ0n) is 14.6. The fourth-order valence-electron chi connectivity index (χ4n) is 3.20. The Labute approximate surface area is 153 Å². The summed E-state index contributed by atoms with van der Waals surface area (Å²) in [6.07, 6.45) is 3.70. The molecule has 0 atom stereocenters. The topological polar surface area (TPSA) is 104 Å². The van der Waals surface area contributed by atoms with Crippen LogP contribution in [0.2, 0.25) is 0 Å². The van der Waals surface area contributed by atoms with Crippen molar-refractivity contribution in [2.45, 2.75) is 49.8 Å². The molecule has 1 aromatic rings. The van der Waals surface area contributed by atoms with Gasteiger partial charge in [0.05, 0.1) is 10.8 Å². The molecule has 142 valence electrons. The molecule has 1 saturated heterocycles. The maximum atomic E-state index is 12.2. The molecule has 1 aliphatic carbocycles. The number of aryl methyl sites for hydroxylation is 1. The van der Waals surface area contributed by atoms with Crippen LogP contribution in [-0.2, 0) is 21.2 Å². The van der Waals surface area contributed by atoms with Crippen LogP contribution >= 0.6 is 0 Å². The van der Waals surface area contributed by atoms with Crippen LogP contribution in [0.25, 0.3) is 0 Å². The van der Waals surface area contributed by atoms with Crippen LogP contribution in [0.3, 0.4) is 0 Å². The summed E-state index contributed by atoms with van der Waals surface area (Å²) < 4.78 is 26.0. The summed E-state index contributed by atoms with van der Waals surface area (Å²) >= 11 is 0. The van der Waals surface area contributed by atoms with E-state index in [-0.39, 0.29) is 22.8 Å². The number of nitrogens with one attached hydrogen (secondary N) is 1. The number of rotatable bonds is 7. The van der Waals surface area contributed by atoms with Gasteiger partial charge in [0.1, 0.15) is 0 Å². The Morgan fingerprint density at radius 2 is 1.69 bits per heavy atom. The van der Waals surface area contributed by atoms with E-state index in [1.54, 1.807) is 16.4 Å². The molecule has 0 bridgehead atoms. The summed E-state index contributed by atoms with van der Waals surface area (Å²) in [5.41, 5.74) is 1.14. The minimum absolute atomic E-state index is 0.0162. The predicted octanol–water partition coefficient (Wildman–Crippen LogP) is 1.39. The molecule has 1 saturated carbocycles. The molecular weight excluding hydrogens is 356 g/mol. The van der Waals surface area contributed by atoms with Gasteiger partial charge in [-0.3, -0.25) is 4.79 Å². The maximum absolute atomic E-state index is 12.2. The Morgan fingerprint density at radius 3 is 2.23 bits per heavy atom. The highest BCUT2D eigenvalue weighted by Gasteiger charge is 2.41. The fraction of sp³-hybridized carbons (Fsp3) is 0.556. The van der Waals surface area contributed by atoms with Gasteiger partial charge >= 0.3 is 5.97 Å². The van der Waals surface area contributed by atoms with Gasteiger partial charge in [-0.25, -0.2) is 17.5 Å². The molecule has 2 N–H and O–H groups in total. The number of carbonyl (C=O) groups is 2. The minimum atomic E-state index is -3.12. The summed E-state index contributed by atoms with van der Waals surface area (Å²) in [4.78, 5) is 22.9. The van der Waals surface area contributed by atoms with Gasteiger partial charge in [-0.05, 0) is 49.8 Å². The molecule has 1 heterocycles. The van der Waals surface area contributed by atoms with Gasteiger partial charge in [0, 0.05) is 25.6 Å². The Kier molecular flexibility index (Phi) is 5.62. The van der Waals surface area contributed by atoms with Gasteiger partial charge < -0.3 is 10.4 Å². The number of benzene rings is 1. The first-order chi connectivity index (χ1) is 12.4. The quantitative estimate of drug-likeness (QED) is 0.744. The third-order valence-electron chi connectivity index (χ3n) is 4.97. The van der Waals surface area contributed by atoms with Gasteiger partial charge in [0.15, 0.2) is 0 Å². The van der Waals surface area contributed by atoms with Crippen molar-refractivity contribution in [1.29, 1.82) is 0 Å². The van der Waals surface area contributed by atoms with Crippen LogP contribution in [0.1, 0.15) is 48.0 Å². The molecule has 0 spiro atoms. The summed E-state index contributed by atoms with van der Waals surface area (Å²) in [6.45, 7) is 0.945. The number of piperidine rings is 1. The van der Waals surface area contributed by atoms with Crippen LogP contribution in [0.4, 0.5) is 0 Å². The molecule has 26 heavy (non-hydrogen) atoms. The lowest BCUT2D eigenvalue weighted by molar-refractivity contribution is -0.122. The Hall–Kier alpha value is -1.93. The van der Waals surface area contributed by atoms with Crippen molar-refractivity contribution in [2.75, 3.05) is 13.1 Å². The van der Waals surface area contributed by atoms with Crippen molar-refractivity contribution < 1.29 is 23.1 Å². The summed E-state index contributed by atoms with van der Waals surface area (Å²) in [7, 11) is -3.12. The molecular formula is C18H24N2O5S. The second-order valence-corrected chi connectivity index (χ2v) is 9.20. The van der Waals surface area contributed by atoms with Gasteiger partial charge in [-0.2, -0.15) is 0 Å². The number of sulfonamides is 1. The van der Waals surface area contributed by atoms with E-state index in [1.807, 2.05) is 0 Å². The average Bonchev–Trinajstić information content (AvgIpc) is 3.46. The number of hydrogen-bond acceptors (Lipinski definition) is 4. The Morgan fingerprint density at radius 1 is 1.08 bits per heavy atom. The number of amides is 1. The summed E-state index contributed by atoms with van der Waals surface area (Å²) in [5, 5.41) is 11.7. The lowest BCUT2D eigenvalue weighted by Crippen LogP contribution is -2.47. The number of hydrogen-bond donors (Lipinski definition) is 2. The van der Waals surface area contributed by atoms with Crippen molar-refractivity contribution in [3.63, 3.8) is 0 Å². The molecule has 7 nitrogen and oxygen atoms in total. The predicted molar refractivity (Wildman–Crippen MR) is 96.4 cm³/mol. The molecule has 2 aliphatic rings. The smallest absolute Gasteiger partial charge is 0.335 e. The van der Waals surface area contributed by atoms with E-state index in [0.717, 1.165) is 18.4 Å². The van der Waals surface area contributed by atoms with Crippen molar-refractivity contribution in [1.82, 2.24) is 9.62 Å². The maximum Gasteiger partial charge on any atom is 0.335 e. The van der Waals surface area contributed by atoms with Gasteiger partial charge in [-0.1, -0.05) is 12.1 Å². The summed E-state index contributed by atoms with van der Waals surface area (Å²) in [6, 6.07) is 6.52. The lowest BCUT2D eigenvalue weighted by Gasteiger charge is -2.31. The van der Waals surface area contributed by atoms with E-state index in [9.17, 15) is 18.0 Å². The third kappa shape index (κ3) is 4.62. The molecule has 0 unspecified atom stereocenters. The largest absolute Gasteiger partial charge is 0.478 e. The minimum Gasteiger partial charge on any atom is -0.478 e. The fourth-order valence-corrected chi connectivity index (χ4v) is 5.08. The first-order valence-corrected chi connectivity index (χ1v) is 10.5. The van der Waals surface area contributed by atoms with Crippen LogP contribution in [0.5, 0.6) is 0 Å². The zero-order valence-corrected chi connectivity index (χ0v) is 15.4. The lowest BCUT2D eigenvalue weighted by atomic mass is 10.0. The third-order valence-corrected chi connectivity index (χ3v) is 7.36. The number of aromatic carboxylic acids is 1. The van der Waals surface area contributed by atoms with Crippen molar-refractivity contribution in [3.8, 4) is 0 Å². The van der Waals surface area contributed by atoms with Crippen LogP contribution in [0, 0.1) is 0 Å². The molecule has 8 heteroatoms. The van der Waals surface area contributed by atoms with Crippen LogP contribution < -0.4 is 5.32 Å². The first kappa shape index (κ1) is 18.8. The molecule has 1 aromatic carbocycles. The SMILES string of the molecule is O=C(CCc1ccc(C(=O)O)cc1)NC1CCN(S(=O)(=O)C2CC2)CC1. The van der Waals surface area contributed by atoms with Crippen LogP contribution in [0.15, 0.2) is 24.3 Å². The van der Waals surface area contributed by atoms with Crippen molar-refractivity contribution in [2.24, 2.45) is 0 Å². The van der Waals surface area contributed by atoms with Crippen LogP contribution in [-0.4, -0.2) is 54.1 Å². The molecule has 0 radical (unpaired) electrons. The molecule has 2 fully saturated rings. The standard InChI is InChI=1S/C18H24N2O5S/c21-17(8-3-13-1-4-14(5-2-13)18(22)23)19-15-9-11-20(12-10-15)26(24,25)16-6-7-16/h1-2,4-5,15-16H,3,6-12H2,(H,19,21)(H,22,23). The van der Waals surface area contributed by atoms with E-state index < -0.39 is 16.0 Å². The molecule has 3 rings (SSSR count). The highest BCUT2D eigenvalue weighted by molar-refractivity contribution is 7.90. The number of carboxylic acids is 1. The average molecular weight is 380 g/mol. The van der Waals surface area contributed by atoms with Gasteiger partial charge in [0.2, 0.25) is 15.9 Å². The van der Waals surface area contributed by atoms with Gasteiger partial charge in [-0.15, -0.1) is 0 Å². The normalized spacial score (nSPS) is 19.2. The monoisotopic (exact) mass is 380 g/mol. The Bertz CT molecular complexity index is 763. The van der Waals surface area contributed by atoms with E-state index in [1.165, 1.54) is 12.1 Å². The van der Waals surface area contributed by atoms with E-state index in [4.69, 9.17) is 5.11 Å². The van der Waals surface area contributed by atoms with Gasteiger partial charge in [0.25, 0.3) is 0 Å². The number of carboxylic acid groups (broad SMARTS) is 1. The second-order valence-electron chi connectivity index (χ2n) is 6.99. The number of carbonyl (C=O) groups excluding carboxylic acids is 1. The Balaban J connectivity index is 1.41. The summed E-state index contributed by atoms with van der Waals surface area (Å²) in [5.74, 6) is -1.03. The van der Waals surface area contributed by atoms with E-state index in [2.05, 4.69) is 5.32 Å². The van der Waals surface area contributed by atoms with Crippen molar-refractivity contribution in [3.05, 3.63) is 35.4 Å². The zero-order chi connectivity index (χ0) is 18.7. The second kappa shape index (κ2) is 7.75. The van der Waals surface area contributed by atoms with Crippen molar-refractivity contribution >= 4 is 21.9 Å². The van der Waals surface area contributed by atoms with E-state index >= 15 is 0 Å². The van der Waals surface area contributed by atoms with E-state index in [0.29, 0.717) is 38.8 Å². The molecule has 1 amide bonds. The highest BCUT2D eigenvalue weighted by Crippen LogP contribution is 2.32. The first-order valence-electron chi connectivity index (χ1n) is 8.97.